The van der Waals surface area contributed by atoms with Gasteiger partial charge in [-0.2, -0.15) is 0 Å². The predicted molar refractivity (Wildman–Crippen MR) is 88.1 cm³/mol. The van der Waals surface area contributed by atoms with Crippen molar-refractivity contribution in [1.82, 2.24) is 9.80 Å². The summed E-state index contributed by atoms with van der Waals surface area (Å²) in [7, 11) is 0. The lowest BCUT2D eigenvalue weighted by molar-refractivity contribution is -0.135. The van der Waals surface area contributed by atoms with Gasteiger partial charge in [0.2, 0.25) is 5.91 Å². The smallest absolute Gasteiger partial charge is 0.262 e. The SMILES string of the molecule is CCN(CC)C(=O)C(CC(C)C)N1C(=O)c2ccccc2C1=O. The first-order valence-electron chi connectivity index (χ1n) is 8.18. The van der Waals surface area contributed by atoms with Crippen molar-refractivity contribution < 1.29 is 14.4 Å². The first kappa shape index (κ1) is 17.2. The van der Waals surface area contributed by atoms with Gasteiger partial charge in [-0.25, -0.2) is 0 Å². The van der Waals surface area contributed by atoms with Gasteiger partial charge in [0.15, 0.2) is 0 Å². The van der Waals surface area contributed by atoms with E-state index in [4.69, 9.17) is 0 Å². The molecule has 0 bridgehead atoms. The molecular weight excluding hydrogens is 292 g/mol. The first-order valence-corrected chi connectivity index (χ1v) is 8.18. The molecule has 1 aliphatic heterocycles. The van der Waals surface area contributed by atoms with Gasteiger partial charge in [-0.3, -0.25) is 19.3 Å². The van der Waals surface area contributed by atoms with Crippen molar-refractivity contribution in [3.05, 3.63) is 35.4 Å². The number of carbonyl (C=O) groups excluding carboxylic acids is 3. The highest BCUT2D eigenvalue weighted by Gasteiger charge is 2.43. The number of likely N-dealkylation sites (N-methyl/N-ethyl adjacent to an activating group) is 1. The third-order valence-electron chi connectivity index (χ3n) is 4.19. The average molecular weight is 316 g/mol. The maximum atomic E-state index is 12.9. The standard InChI is InChI=1S/C18H24N2O3/c1-5-19(6-2)18(23)15(11-12(3)4)20-16(21)13-9-7-8-10-14(13)17(20)22/h7-10,12,15H,5-6,11H2,1-4H3. The van der Waals surface area contributed by atoms with Gasteiger partial charge >= 0.3 is 0 Å². The molecule has 0 N–H and O–H groups in total. The fourth-order valence-corrected chi connectivity index (χ4v) is 3.00. The van der Waals surface area contributed by atoms with E-state index in [2.05, 4.69) is 0 Å². The van der Waals surface area contributed by atoms with Gasteiger partial charge < -0.3 is 4.90 Å². The van der Waals surface area contributed by atoms with E-state index < -0.39 is 6.04 Å². The summed E-state index contributed by atoms with van der Waals surface area (Å²) in [6.45, 7) is 8.90. The highest BCUT2D eigenvalue weighted by molar-refractivity contribution is 6.22. The van der Waals surface area contributed by atoms with Gasteiger partial charge in [-0.05, 0) is 38.3 Å². The fourth-order valence-electron chi connectivity index (χ4n) is 3.00. The third-order valence-corrected chi connectivity index (χ3v) is 4.19. The van der Waals surface area contributed by atoms with Crippen molar-refractivity contribution >= 4 is 17.7 Å². The Morgan fingerprint density at radius 1 is 1.04 bits per heavy atom. The summed E-state index contributed by atoms with van der Waals surface area (Å²) in [6.07, 6.45) is 0.473. The second kappa shape index (κ2) is 6.94. The number of fused-ring (bicyclic) bond motifs is 1. The minimum atomic E-state index is -0.734. The molecule has 0 aromatic heterocycles. The molecule has 5 heteroatoms. The van der Waals surface area contributed by atoms with Crippen LogP contribution in [0.25, 0.3) is 0 Å². The van der Waals surface area contributed by atoms with Crippen LogP contribution in [0.3, 0.4) is 0 Å². The number of hydrogen-bond donors (Lipinski definition) is 0. The molecule has 0 saturated heterocycles. The second-order valence-electron chi connectivity index (χ2n) is 6.18. The van der Waals surface area contributed by atoms with Crippen LogP contribution in [0.5, 0.6) is 0 Å². The molecular formula is C18H24N2O3. The van der Waals surface area contributed by atoms with Crippen LogP contribution in [-0.2, 0) is 4.79 Å². The Morgan fingerprint density at radius 3 is 1.91 bits per heavy atom. The second-order valence-corrected chi connectivity index (χ2v) is 6.18. The van der Waals surface area contributed by atoms with E-state index in [0.717, 1.165) is 4.90 Å². The molecule has 0 saturated carbocycles. The van der Waals surface area contributed by atoms with Gasteiger partial charge in [-0.15, -0.1) is 0 Å². The van der Waals surface area contributed by atoms with E-state index in [-0.39, 0.29) is 23.6 Å². The average Bonchev–Trinajstić information content (AvgIpc) is 2.78. The summed E-state index contributed by atoms with van der Waals surface area (Å²) >= 11 is 0. The molecule has 124 valence electrons. The van der Waals surface area contributed by atoms with Crippen LogP contribution in [0.2, 0.25) is 0 Å². The van der Waals surface area contributed by atoms with E-state index in [1.807, 2.05) is 27.7 Å². The lowest BCUT2D eigenvalue weighted by Gasteiger charge is -2.31. The summed E-state index contributed by atoms with van der Waals surface area (Å²) < 4.78 is 0. The lowest BCUT2D eigenvalue weighted by atomic mass is 10.0. The summed E-state index contributed by atoms with van der Waals surface area (Å²) in [6, 6.07) is 6.02. The Bertz CT molecular complexity index is 585. The number of nitrogens with zero attached hydrogens (tertiary/aromatic N) is 2. The largest absolute Gasteiger partial charge is 0.341 e. The van der Waals surface area contributed by atoms with Gasteiger partial charge in [0.1, 0.15) is 6.04 Å². The minimum absolute atomic E-state index is 0.154. The van der Waals surface area contributed by atoms with Gasteiger partial charge in [-0.1, -0.05) is 26.0 Å². The van der Waals surface area contributed by atoms with Crippen molar-refractivity contribution in [3.63, 3.8) is 0 Å². The maximum absolute atomic E-state index is 12.9. The number of benzene rings is 1. The van der Waals surface area contributed by atoms with E-state index in [0.29, 0.717) is 30.6 Å². The summed E-state index contributed by atoms with van der Waals surface area (Å²) in [5.74, 6) is -0.685. The summed E-state index contributed by atoms with van der Waals surface area (Å²) in [5.41, 5.74) is 0.775. The number of rotatable bonds is 6. The van der Waals surface area contributed by atoms with Crippen LogP contribution in [0.15, 0.2) is 24.3 Å². The Hall–Kier alpha value is -2.17. The lowest BCUT2D eigenvalue weighted by Crippen LogP contribution is -2.51. The van der Waals surface area contributed by atoms with Gasteiger partial charge in [0.05, 0.1) is 11.1 Å². The monoisotopic (exact) mass is 316 g/mol. The zero-order valence-corrected chi connectivity index (χ0v) is 14.2. The molecule has 0 spiro atoms. The van der Waals surface area contributed by atoms with E-state index >= 15 is 0 Å². The molecule has 2 rings (SSSR count). The van der Waals surface area contributed by atoms with Crippen LogP contribution in [-0.4, -0.2) is 46.7 Å². The molecule has 1 aromatic carbocycles. The van der Waals surface area contributed by atoms with Crippen molar-refractivity contribution in [2.45, 2.75) is 40.2 Å². The highest BCUT2D eigenvalue weighted by atomic mass is 16.2. The fraction of sp³-hybridized carbons (Fsp3) is 0.500. The van der Waals surface area contributed by atoms with Crippen LogP contribution in [0.4, 0.5) is 0 Å². The number of imide groups is 1. The molecule has 0 fully saturated rings. The van der Waals surface area contributed by atoms with Crippen LogP contribution < -0.4 is 0 Å². The van der Waals surface area contributed by atoms with Crippen LogP contribution >= 0.6 is 0 Å². The number of carbonyl (C=O) groups is 3. The molecule has 5 nitrogen and oxygen atoms in total. The predicted octanol–water partition coefficient (Wildman–Crippen LogP) is 2.57. The van der Waals surface area contributed by atoms with E-state index in [1.54, 1.807) is 29.2 Å². The molecule has 23 heavy (non-hydrogen) atoms. The minimum Gasteiger partial charge on any atom is -0.341 e. The topological polar surface area (TPSA) is 57.7 Å². The van der Waals surface area contributed by atoms with Crippen LogP contribution in [0.1, 0.15) is 54.8 Å². The Morgan fingerprint density at radius 2 is 1.52 bits per heavy atom. The molecule has 1 aliphatic rings. The van der Waals surface area contributed by atoms with Crippen molar-refractivity contribution in [3.8, 4) is 0 Å². The Kier molecular flexibility index (Phi) is 5.19. The zero-order chi connectivity index (χ0) is 17.1. The molecule has 0 radical (unpaired) electrons. The quantitative estimate of drug-likeness (QED) is 0.758. The third kappa shape index (κ3) is 3.14. The summed E-state index contributed by atoms with van der Waals surface area (Å²) in [5, 5.41) is 0. The zero-order valence-electron chi connectivity index (χ0n) is 14.2. The van der Waals surface area contributed by atoms with Gasteiger partial charge in [0, 0.05) is 13.1 Å². The van der Waals surface area contributed by atoms with E-state index in [1.165, 1.54) is 0 Å². The molecule has 0 aliphatic carbocycles. The highest BCUT2D eigenvalue weighted by Crippen LogP contribution is 2.27. The maximum Gasteiger partial charge on any atom is 0.262 e. The summed E-state index contributed by atoms with van der Waals surface area (Å²) in [4.78, 5) is 41.0. The van der Waals surface area contributed by atoms with E-state index in [9.17, 15) is 14.4 Å². The first-order chi connectivity index (χ1) is 10.9. The molecule has 1 atom stereocenters. The molecule has 1 aromatic rings. The molecule has 1 unspecified atom stereocenters. The molecule has 1 heterocycles. The van der Waals surface area contributed by atoms with Crippen molar-refractivity contribution in [2.75, 3.05) is 13.1 Å². The van der Waals surface area contributed by atoms with Gasteiger partial charge in [0.25, 0.3) is 11.8 Å². The normalized spacial score (nSPS) is 15.1. The van der Waals surface area contributed by atoms with Crippen molar-refractivity contribution in [1.29, 1.82) is 0 Å². The Labute approximate surface area is 137 Å². The Balaban J connectivity index is 2.39. The van der Waals surface area contributed by atoms with Crippen molar-refractivity contribution in [2.24, 2.45) is 5.92 Å². The molecule has 3 amide bonds. The number of hydrogen-bond acceptors (Lipinski definition) is 3. The van der Waals surface area contributed by atoms with Crippen LogP contribution in [0, 0.1) is 5.92 Å². The number of amides is 3.